The van der Waals surface area contributed by atoms with Gasteiger partial charge in [-0.3, -0.25) is 0 Å². The number of fused-ring (bicyclic) bond motifs is 5. The molecule has 3 aliphatic rings. The van der Waals surface area contributed by atoms with Crippen molar-refractivity contribution >= 4 is 51.8 Å². The second kappa shape index (κ2) is 14.5. The van der Waals surface area contributed by atoms with E-state index >= 15 is 0 Å². The SMILES string of the molecule is CC1(C)c2cc(/C=C/c3ccc(N(C4=CC=CCC4)c4ccccc4)cc3)ccc2-c2ccc(N(c3cccc4ccccc34)C3CC=Cc4ccccc43)cc21. The predicted molar refractivity (Wildman–Crippen MR) is 243 cm³/mol. The lowest BCUT2D eigenvalue weighted by Gasteiger charge is -2.37. The van der Waals surface area contributed by atoms with Crippen LogP contribution in [-0.2, 0) is 5.41 Å². The van der Waals surface area contributed by atoms with Crippen molar-refractivity contribution in [2.45, 2.75) is 44.6 Å². The standard InChI is InChI=1S/C55H46N2/c1-55(2)51-37-40(28-27-39-29-32-45(33-30-39)56(43-19-5-3-6-20-43)44-21-7-4-8-22-44)31-35-49(51)50-36-34-46(38-52(50)55)57(53-25-13-17-41-15-9-11-23-47(41)53)54-26-14-18-42-16-10-12-24-48(42)54/h3-7,9-21,23-25,27-38,54H,8,22,26H2,1-2H3/b28-27+. The Morgan fingerprint density at radius 1 is 0.596 bits per heavy atom. The summed E-state index contributed by atoms with van der Waals surface area (Å²) in [7, 11) is 0. The van der Waals surface area contributed by atoms with E-state index in [1.54, 1.807) is 0 Å². The maximum absolute atomic E-state index is 2.60. The highest BCUT2D eigenvalue weighted by molar-refractivity contribution is 5.97. The molecule has 0 saturated heterocycles. The van der Waals surface area contributed by atoms with Gasteiger partial charge in [-0.1, -0.05) is 166 Å². The first-order chi connectivity index (χ1) is 28.0. The molecule has 0 aliphatic heterocycles. The number of benzene rings is 7. The van der Waals surface area contributed by atoms with Gasteiger partial charge in [-0.15, -0.1) is 0 Å². The third-order valence-electron chi connectivity index (χ3n) is 12.2. The first-order valence-corrected chi connectivity index (χ1v) is 20.3. The molecule has 10 rings (SSSR count). The summed E-state index contributed by atoms with van der Waals surface area (Å²) >= 11 is 0. The summed E-state index contributed by atoms with van der Waals surface area (Å²) in [6, 6.07) is 58.5. The van der Waals surface area contributed by atoms with Crippen LogP contribution in [0.4, 0.5) is 22.7 Å². The molecule has 1 atom stereocenters. The van der Waals surface area contributed by atoms with Crippen LogP contribution in [0.25, 0.3) is 40.1 Å². The van der Waals surface area contributed by atoms with Crippen LogP contribution in [0.15, 0.2) is 188 Å². The maximum Gasteiger partial charge on any atom is 0.0632 e. The molecule has 0 bridgehead atoms. The molecule has 2 heteroatoms. The van der Waals surface area contributed by atoms with Crippen LogP contribution in [-0.4, -0.2) is 0 Å². The van der Waals surface area contributed by atoms with Crippen molar-refractivity contribution in [3.05, 3.63) is 221 Å². The van der Waals surface area contributed by atoms with Gasteiger partial charge in [-0.25, -0.2) is 0 Å². The van der Waals surface area contributed by atoms with Gasteiger partial charge in [-0.05, 0) is 118 Å². The summed E-state index contributed by atoms with van der Waals surface area (Å²) in [6.07, 6.45) is 18.8. The van der Waals surface area contributed by atoms with Gasteiger partial charge in [0, 0.05) is 39.2 Å². The highest BCUT2D eigenvalue weighted by Gasteiger charge is 2.37. The van der Waals surface area contributed by atoms with Gasteiger partial charge < -0.3 is 9.80 Å². The summed E-state index contributed by atoms with van der Waals surface area (Å²) in [6.45, 7) is 4.79. The van der Waals surface area contributed by atoms with Crippen molar-refractivity contribution in [2.24, 2.45) is 0 Å². The molecule has 3 aliphatic carbocycles. The molecular formula is C55H46N2. The normalized spacial score (nSPS) is 16.2. The zero-order chi connectivity index (χ0) is 38.3. The van der Waals surface area contributed by atoms with Crippen molar-refractivity contribution in [3.8, 4) is 11.1 Å². The second-order valence-electron chi connectivity index (χ2n) is 16.0. The summed E-state index contributed by atoms with van der Waals surface area (Å²) in [4.78, 5) is 4.99. The Morgan fingerprint density at radius 3 is 2.12 bits per heavy atom. The zero-order valence-corrected chi connectivity index (χ0v) is 32.6. The van der Waals surface area contributed by atoms with Crippen LogP contribution in [0.5, 0.6) is 0 Å². The third kappa shape index (κ3) is 6.32. The molecule has 0 spiro atoms. The van der Waals surface area contributed by atoms with Crippen LogP contribution >= 0.6 is 0 Å². The average Bonchev–Trinajstić information content (AvgIpc) is 3.49. The number of nitrogens with zero attached hydrogens (tertiary/aromatic N) is 2. The molecule has 7 aromatic carbocycles. The molecule has 276 valence electrons. The van der Waals surface area contributed by atoms with Crippen LogP contribution in [0.2, 0.25) is 0 Å². The van der Waals surface area contributed by atoms with Gasteiger partial charge in [0.05, 0.1) is 6.04 Å². The first-order valence-electron chi connectivity index (χ1n) is 20.3. The fourth-order valence-electron chi connectivity index (χ4n) is 9.32. The maximum atomic E-state index is 2.60. The Hall–Kier alpha value is -6.64. The van der Waals surface area contributed by atoms with Gasteiger partial charge in [0.1, 0.15) is 0 Å². The van der Waals surface area contributed by atoms with Gasteiger partial charge in [-0.2, -0.15) is 0 Å². The summed E-state index contributed by atoms with van der Waals surface area (Å²) < 4.78 is 0. The molecular weight excluding hydrogens is 689 g/mol. The number of allylic oxidation sites excluding steroid dienone is 4. The Bertz CT molecular complexity index is 2740. The molecule has 0 heterocycles. The molecule has 0 saturated carbocycles. The molecule has 7 aromatic rings. The Kier molecular flexibility index (Phi) is 8.83. The monoisotopic (exact) mass is 734 g/mol. The fraction of sp³-hybridized carbons (Fsp3) is 0.127. The van der Waals surface area contributed by atoms with Gasteiger partial charge in [0.15, 0.2) is 0 Å². The lowest BCUT2D eigenvalue weighted by molar-refractivity contribution is 0.657. The minimum atomic E-state index is -0.162. The minimum absolute atomic E-state index is 0.162. The number of hydrogen-bond donors (Lipinski definition) is 0. The van der Waals surface area contributed by atoms with E-state index < -0.39 is 0 Å². The lowest BCUT2D eigenvalue weighted by Crippen LogP contribution is -2.26. The van der Waals surface area contributed by atoms with E-state index in [0.717, 1.165) is 19.3 Å². The van der Waals surface area contributed by atoms with Crippen molar-refractivity contribution in [1.82, 2.24) is 0 Å². The van der Waals surface area contributed by atoms with Gasteiger partial charge >= 0.3 is 0 Å². The summed E-state index contributed by atoms with van der Waals surface area (Å²) in [5, 5.41) is 2.53. The number of rotatable bonds is 8. The predicted octanol–water partition coefficient (Wildman–Crippen LogP) is 15.0. The second-order valence-corrected chi connectivity index (χ2v) is 16.0. The summed E-state index contributed by atoms with van der Waals surface area (Å²) in [5.74, 6) is 0. The first kappa shape index (κ1) is 34.8. The summed E-state index contributed by atoms with van der Waals surface area (Å²) in [5.41, 5.74) is 16.5. The van der Waals surface area contributed by atoms with Crippen molar-refractivity contribution < 1.29 is 0 Å². The van der Waals surface area contributed by atoms with E-state index in [2.05, 4.69) is 224 Å². The van der Waals surface area contributed by atoms with Crippen molar-refractivity contribution in [2.75, 3.05) is 9.80 Å². The Morgan fingerprint density at radius 2 is 1.28 bits per heavy atom. The molecule has 57 heavy (non-hydrogen) atoms. The molecule has 1 unspecified atom stereocenters. The van der Waals surface area contributed by atoms with E-state index in [1.807, 2.05) is 0 Å². The lowest BCUT2D eigenvalue weighted by atomic mass is 9.81. The number of hydrogen-bond acceptors (Lipinski definition) is 2. The smallest absolute Gasteiger partial charge is 0.0632 e. The fourth-order valence-corrected chi connectivity index (χ4v) is 9.32. The van der Waals surface area contributed by atoms with Crippen LogP contribution in [0.3, 0.4) is 0 Å². The quantitative estimate of drug-likeness (QED) is 0.143. The van der Waals surface area contributed by atoms with Crippen molar-refractivity contribution in [1.29, 1.82) is 0 Å². The number of para-hydroxylation sites is 1. The van der Waals surface area contributed by atoms with Gasteiger partial charge in [0.25, 0.3) is 0 Å². The molecule has 0 aromatic heterocycles. The zero-order valence-electron chi connectivity index (χ0n) is 32.6. The molecule has 2 nitrogen and oxygen atoms in total. The number of anilines is 4. The van der Waals surface area contributed by atoms with Crippen LogP contribution in [0.1, 0.15) is 72.5 Å². The van der Waals surface area contributed by atoms with Crippen LogP contribution < -0.4 is 9.80 Å². The largest absolute Gasteiger partial charge is 0.333 e. The Labute approximate surface area is 337 Å². The van der Waals surface area contributed by atoms with Crippen molar-refractivity contribution in [3.63, 3.8) is 0 Å². The minimum Gasteiger partial charge on any atom is -0.333 e. The van der Waals surface area contributed by atoms with E-state index in [-0.39, 0.29) is 11.5 Å². The Balaban J connectivity index is 0.970. The van der Waals surface area contributed by atoms with E-state index in [0.29, 0.717) is 0 Å². The van der Waals surface area contributed by atoms with Gasteiger partial charge in [0.2, 0.25) is 0 Å². The van der Waals surface area contributed by atoms with E-state index in [4.69, 9.17) is 0 Å². The van der Waals surface area contributed by atoms with E-state index in [1.165, 1.54) is 83.7 Å². The molecule has 0 N–H and O–H groups in total. The highest BCUT2D eigenvalue weighted by atomic mass is 15.2. The average molecular weight is 735 g/mol. The van der Waals surface area contributed by atoms with E-state index in [9.17, 15) is 0 Å². The highest BCUT2D eigenvalue weighted by Crippen LogP contribution is 2.52. The molecule has 0 fully saturated rings. The third-order valence-corrected chi connectivity index (χ3v) is 12.2. The molecule has 0 amide bonds. The van der Waals surface area contributed by atoms with Crippen LogP contribution in [0, 0.1) is 0 Å². The topological polar surface area (TPSA) is 6.48 Å². The molecule has 0 radical (unpaired) electrons.